The van der Waals surface area contributed by atoms with Gasteiger partial charge in [-0.1, -0.05) is 13.8 Å². The van der Waals surface area contributed by atoms with Crippen LogP contribution in [0.25, 0.3) is 0 Å². The molecule has 2 rings (SSSR count). The minimum atomic E-state index is -3.46. The molecule has 1 aromatic heterocycles. The fraction of sp³-hybridized carbons (Fsp3) is 0.600. The zero-order valence-electron chi connectivity index (χ0n) is 13.5. The Morgan fingerprint density at radius 3 is 2.41 bits per heavy atom. The Labute approximate surface area is 135 Å². The number of nitrogens with zero attached hydrogens (tertiary/aromatic N) is 1. The average Bonchev–Trinajstić information content (AvgIpc) is 2.66. The van der Waals surface area contributed by atoms with E-state index >= 15 is 0 Å². The zero-order chi connectivity index (χ0) is 16.9. The highest BCUT2D eigenvalue weighted by atomic mass is 32.2. The van der Waals surface area contributed by atoms with Gasteiger partial charge < -0.3 is 4.90 Å². The van der Waals surface area contributed by atoms with Crippen LogP contribution in [-0.4, -0.2) is 38.3 Å². The van der Waals surface area contributed by atoms with Crippen molar-refractivity contribution in [2.75, 3.05) is 13.3 Å². The van der Waals surface area contributed by atoms with Gasteiger partial charge in [-0.15, -0.1) is 11.3 Å². The van der Waals surface area contributed by atoms with Crippen LogP contribution in [-0.2, 0) is 27.6 Å². The average molecular weight is 343 g/mol. The highest BCUT2D eigenvalue weighted by molar-refractivity contribution is 7.92. The predicted molar refractivity (Wildman–Crippen MR) is 86.0 cm³/mol. The van der Waals surface area contributed by atoms with E-state index in [2.05, 4.69) is 0 Å². The first kappa shape index (κ1) is 17.1. The van der Waals surface area contributed by atoms with Gasteiger partial charge in [0.15, 0.2) is 15.6 Å². The van der Waals surface area contributed by atoms with E-state index in [0.29, 0.717) is 24.9 Å². The van der Waals surface area contributed by atoms with E-state index in [1.54, 1.807) is 7.05 Å². The van der Waals surface area contributed by atoms with Crippen molar-refractivity contribution < 1.29 is 18.0 Å². The van der Waals surface area contributed by atoms with Crippen LogP contribution < -0.4 is 0 Å². The lowest BCUT2D eigenvalue weighted by Gasteiger charge is -2.29. The number of fused-ring (bicyclic) bond motifs is 1. The Bertz CT molecular complexity index is 744. The van der Waals surface area contributed by atoms with Crippen molar-refractivity contribution in [3.63, 3.8) is 0 Å². The summed E-state index contributed by atoms with van der Waals surface area (Å²) in [5.74, 6) is -0.205. The Kier molecular flexibility index (Phi) is 4.25. The number of amides is 1. The molecule has 0 aromatic carbocycles. The number of rotatable bonds is 3. The van der Waals surface area contributed by atoms with E-state index in [9.17, 15) is 18.0 Å². The van der Waals surface area contributed by atoms with Crippen molar-refractivity contribution in [2.24, 2.45) is 5.41 Å². The minimum absolute atomic E-state index is 0.0931. The molecule has 0 atom stereocenters. The van der Waals surface area contributed by atoms with Crippen LogP contribution >= 0.6 is 11.3 Å². The maximum atomic E-state index is 12.5. The lowest BCUT2D eigenvalue weighted by Crippen LogP contribution is -2.29. The normalized spacial score (nSPS) is 17.2. The Morgan fingerprint density at radius 1 is 1.32 bits per heavy atom. The summed E-state index contributed by atoms with van der Waals surface area (Å²) in [5, 5.41) is 0. The van der Waals surface area contributed by atoms with Crippen molar-refractivity contribution in [3.8, 4) is 0 Å². The molecular weight excluding hydrogens is 322 g/mol. The molecule has 5 nitrogen and oxygen atoms in total. The Balaban J connectivity index is 2.62. The standard InChI is InChI=1S/C15H21NO4S2/c1-9(17)16(4)8-12-10-6-15(2,3)7-11(18)13(10)14(21-12)22(5,19)20/h6-8H2,1-5H3. The van der Waals surface area contributed by atoms with E-state index in [-0.39, 0.29) is 21.3 Å². The molecule has 0 aliphatic heterocycles. The molecule has 0 unspecified atom stereocenters. The molecule has 0 bridgehead atoms. The summed E-state index contributed by atoms with van der Waals surface area (Å²) in [7, 11) is -1.78. The molecule has 122 valence electrons. The second kappa shape index (κ2) is 5.45. The van der Waals surface area contributed by atoms with Crippen molar-refractivity contribution in [3.05, 3.63) is 16.0 Å². The first-order valence-corrected chi connectivity index (χ1v) is 9.72. The molecule has 1 aromatic rings. The van der Waals surface area contributed by atoms with Crippen LogP contribution in [0.3, 0.4) is 0 Å². The number of hydrogen-bond donors (Lipinski definition) is 0. The van der Waals surface area contributed by atoms with Crippen LogP contribution in [0.4, 0.5) is 0 Å². The van der Waals surface area contributed by atoms with Crippen molar-refractivity contribution in [1.82, 2.24) is 4.90 Å². The zero-order valence-corrected chi connectivity index (χ0v) is 15.2. The summed E-state index contributed by atoms with van der Waals surface area (Å²) in [6.45, 7) is 5.81. The quantitative estimate of drug-likeness (QED) is 0.844. The molecule has 0 saturated heterocycles. The highest BCUT2D eigenvalue weighted by Crippen LogP contribution is 2.43. The molecular formula is C15H21NO4S2. The van der Waals surface area contributed by atoms with Crippen LogP contribution in [0.15, 0.2) is 4.21 Å². The number of Topliss-reactive ketones (excluding diaryl/α,β-unsaturated/α-hetero) is 1. The molecule has 1 amide bonds. The van der Waals surface area contributed by atoms with Gasteiger partial charge in [-0.3, -0.25) is 9.59 Å². The summed E-state index contributed by atoms with van der Waals surface area (Å²) < 4.78 is 24.2. The number of carbonyl (C=O) groups is 2. The molecule has 0 fully saturated rings. The smallest absolute Gasteiger partial charge is 0.219 e. The van der Waals surface area contributed by atoms with Gasteiger partial charge >= 0.3 is 0 Å². The summed E-state index contributed by atoms with van der Waals surface area (Å²) in [6, 6.07) is 0. The third-order valence-corrected chi connectivity index (χ3v) is 6.93. The number of hydrogen-bond acceptors (Lipinski definition) is 5. The number of sulfone groups is 1. The van der Waals surface area contributed by atoms with Crippen molar-refractivity contribution in [2.45, 2.75) is 44.4 Å². The SMILES string of the molecule is CC(=O)N(C)Cc1sc(S(C)(=O)=O)c2c1CC(C)(C)CC2=O. The Morgan fingerprint density at radius 2 is 1.91 bits per heavy atom. The second-order valence-electron chi connectivity index (χ2n) is 6.75. The molecule has 0 radical (unpaired) electrons. The third kappa shape index (κ3) is 3.25. The van der Waals surface area contributed by atoms with Crippen LogP contribution in [0, 0.1) is 5.41 Å². The maximum absolute atomic E-state index is 12.5. The first-order valence-electron chi connectivity index (χ1n) is 7.02. The van der Waals surface area contributed by atoms with Gasteiger partial charge in [0.25, 0.3) is 0 Å². The fourth-order valence-electron chi connectivity index (χ4n) is 2.74. The molecule has 1 heterocycles. The molecule has 1 aliphatic rings. The lowest BCUT2D eigenvalue weighted by atomic mass is 9.74. The molecule has 0 spiro atoms. The van der Waals surface area contributed by atoms with Crippen LogP contribution in [0.2, 0.25) is 0 Å². The summed E-state index contributed by atoms with van der Waals surface area (Å²) in [5.41, 5.74) is 0.974. The maximum Gasteiger partial charge on any atom is 0.219 e. The second-order valence-corrected chi connectivity index (χ2v) is 10.1. The van der Waals surface area contributed by atoms with E-state index in [1.807, 2.05) is 13.8 Å². The van der Waals surface area contributed by atoms with Crippen molar-refractivity contribution in [1.29, 1.82) is 0 Å². The van der Waals surface area contributed by atoms with E-state index < -0.39 is 9.84 Å². The molecule has 1 aliphatic carbocycles. The number of carbonyl (C=O) groups excluding carboxylic acids is 2. The van der Waals surface area contributed by atoms with Gasteiger partial charge in [0.05, 0.1) is 12.1 Å². The van der Waals surface area contributed by atoms with Gasteiger partial charge in [0.2, 0.25) is 5.91 Å². The van der Waals surface area contributed by atoms with Gasteiger partial charge in [0, 0.05) is 31.5 Å². The minimum Gasteiger partial charge on any atom is -0.341 e. The molecule has 22 heavy (non-hydrogen) atoms. The molecule has 7 heteroatoms. The summed E-state index contributed by atoms with van der Waals surface area (Å²) in [4.78, 5) is 26.3. The number of thiophene rings is 1. The fourth-order valence-corrected chi connectivity index (χ4v) is 5.37. The largest absolute Gasteiger partial charge is 0.341 e. The van der Waals surface area contributed by atoms with Crippen LogP contribution in [0.5, 0.6) is 0 Å². The highest BCUT2D eigenvalue weighted by Gasteiger charge is 2.38. The monoisotopic (exact) mass is 343 g/mol. The first-order chi connectivity index (χ1) is 9.92. The van der Waals surface area contributed by atoms with Gasteiger partial charge in [-0.25, -0.2) is 8.42 Å². The summed E-state index contributed by atoms with van der Waals surface area (Å²) in [6.07, 6.45) is 2.13. The van der Waals surface area contributed by atoms with Gasteiger partial charge in [-0.05, 0) is 17.4 Å². The van der Waals surface area contributed by atoms with E-state index in [4.69, 9.17) is 0 Å². The molecule has 0 saturated carbocycles. The van der Waals surface area contributed by atoms with Gasteiger partial charge in [0.1, 0.15) is 4.21 Å². The third-order valence-electron chi connectivity index (χ3n) is 3.89. The topological polar surface area (TPSA) is 71.5 Å². The Hall–Kier alpha value is -1.21. The van der Waals surface area contributed by atoms with E-state index in [1.165, 1.54) is 11.8 Å². The number of ketones is 1. The van der Waals surface area contributed by atoms with Gasteiger partial charge in [-0.2, -0.15) is 0 Å². The molecule has 0 N–H and O–H groups in total. The summed E-state index contributed by atoms with van der Waals surface area (Å²) >= 11 is 1.13. The van der Waals surface area contributed by atoms with Crippen molar-refractivity contribution >= 4 is 32.9 Å². The van der Waals surface area contributed by atoms with Crippen LogP contribution in [0.1, 0.15) is 48.0 Å². The lowest BCUT2D eigenvalue weighted by molar-refractivity contribution is -0.128. The van der Waals surface area contributed by atoms with E-state index in [0.717, 1.165) is 28.0 Å². The predicted octanol–water partition coefficient (Wildman–Crippen LogP) is 2.29.